The Morgan fingerprint density at radius 3 is 2.61 bits per heavy atom. The van der Waals surface area contributed by atoms with Gasteiger partial charge in [-0.25, -0.2) is 0 Å². The van der Waals surface area contributed by atoms with Gasteiger partial charge in [-0.1, -0.05) is 42.5 Å². The SMILES string of the molecule is COc1ccc(CC(=O)N2CCc3[nH]nc(C(=O)NCCc4ccccc4)c3C2)cc1. The molecule has 0 saturated carbocycles. The number of hydrogen-bond acceptors (Lipinski definition) is 4. The number of ether oxygens (including phenoxy) is 1. The van der Waals surface area contributed by atoms with Crippen molar-refractivity contribution in [1.82, 2.24) is 20.4 Å². The van der Waals surface area contributed by atoms with Gasteiger partial charge >= 0.3 is 0 Å². The summed E-state index contributed by atoms with van der Waals surface area (Å²) in [7, 11) is 1.62. The smallest absolute Gasteiger partial charge is 0.272 e. The highest BCUT2D eigenvalue weighted by Gasteiger charge is 2.27. The predicted molar refractivity (Wildman–Crippen MR) is 117 cm³/mol. The lowest BCUT2D eigenvalue weighted by Gasteiger charge is -2.27. The van der Waals surface area contributed by atoms with Crippen molar-refractivity contribution in [3.63, 3.8) is 0 Å². The first kappa shape index (κ1) is 20.7. The zero-order valence-electron chi connectivity index (χ0n) is 17.6. The van der Waals surface area contributed by atoms with Crippen LogP contribution in [0.5, 0.6) is 5.75 Å². The van der Waals surface area contributed by atoms with E-state index in [0.29, 0.717) is 38.2 Å². The van der Waals surface area contributed by atoms with Crippen molar-refractivity contribution in [2.24, 2.45) is 0 Å². The summed E-state index contributed by atoms with van der Waals surface area (Å²) >= 11 is 0. The molecule has 2 N–H and O–H groups in total. The number of aromatic nitrogens is 2. The number of hydrogen-bond donors (Lipinski definition) is 2. The molecule has 160 valence electrons. The van der Waals surface area contributed by atoms with Crippen molar-refractivity contribution in [3.05, 3.63) is 82.7 Å². The molecular weight excluding hydrogens is 392 g/mol. The summed E-state index contributed by atoms with van der Waals surface area (Å²) in [5.74, 6) is 0.588. The van der Waals surface area contributed by atoms with Gasteiger partial charge in [-0.3, -0.25) is 14.7 Å². The molecule has 0 atom stereocenters. The number of carbonyl (C=O) groups is 2. The van der Waals surface area contributed by atoms with Crippen LogP contribution in [0.3, 0.4) is 0 Å². The van der Waals surface area contributed by atoms with Gasteiger partial charge in [-0.05, 0) is 29.7 Å². The number of rotatable bonds is 7. The number of aromatic amines is 1. The van der Waals surface area contributed by atoms with Crippen molar-refractivity contribution in [2.75, 3.05) is 20.2 Å². The third kappa shape index (κ3) is 4.94. The molecule has 0 unspecified atom stereocenters. The highest BCUT2D eigenvalue weighted by Crippen LogP contribution is 2.21. The maximum Gasteiger partial charge on any atom is 0.272 e. The third-order valence-electron chi connectivity index (χ3n) is 5.56. The van der Waals surface area contributed by atoms with Crippen molar-refractivity contribution < 1.29 is 14.3 Å². The van der Waals surface area contributed by atoms with E-state index in [4.69, 9.17) is 4.74 Å². The average Bonchev–Trinajstić information content (AvgIpc) is 3.23. The molecular formula is C24H26N4O3. The van der Waals surface area contributed by atoms with E-state index in [1.54, 1.807) is 12.0 Å². The lowest BCUT2D eigenvalue weighted by molar-refractivity contribution is -0.131. The second-order valence-electron chi connectivity index (χ2n) is 7.61. The van der Waals surface area contributed by atoms with Gasteiger partial charge in [-0.2, -0.15) is 5.10 Å². The van der Waals surface area contributed by atoms with Gasteiger partial charge in [0, 0.05) is 37.3 Å². The Hall–Kier alpha value is -3.61. The molecule has 1 aliphatic rings. The van der Waals surface area contributed by atoms with Crippen molar-refractivity contribution in [1.29, 1.82) is 0 Å². The van der Waals surface area contributed by atoms with Crippen LogP contribution in [0, 0.1) is 0 Å². The Balaban J connectivity index is 1.36. The molecule has 2 amide bonds. The first-order chi connectivity index (χ1) is 15.1. The van der Waals surface area contributed by atoms with E-state index in [0.717, 1.165) is 29.0 Å². The Morgan fingerprint density at radius 1 is 1.10 bits per heavy atom. The molecule has 0 spiro atoms. The number of fused-ring (bicyclic) bond motifs is 1. The first-order valence-corrected chi connectivity index (χ1v) is 10.4. The number of nitrogens with one attached hydrogen (secondary N) is 2. The number of amides is 2. The molecule has 31 heavy (non-hydrogen) atoms. The predicted octanol–water partition coefficient (Wildman–Crippen LogP) is 2.52. The van der Waals surface area contributed by atoms with E-state index in [1.165, 1.54) is 5.56 Å². The second kappa shape index (κ2) is 9.47. The van der Waals surface area contributed by atoms with Gasteiger partial charge in [0.15, 0.2) is 5.69 Å². The van der Waals surface area contributed by atoms with Crippen molar-refractivity contribution >= 4 is 11.8 Å². The van der Waals surface area contributed by atoms with Crippen molar-refractivity contribution in [3.8, 4) is 5.75 Å². The van der Waals surface area contributed by atoms with E-state index in [1.807, 2.05) is 54.6 Å². The van der Waals surface area contributed by atoms with Gasteiger partial charge in [0.1, 0.15) is 5.75 Å². The largest absolute Gasteiger partial charge is 0.497 e. The highest BCUT2D eigenvalue weighted by atomic mass is 16.5. The second-order valence-corrected chi connectivity index (χ2v) is 7.61. The van der Waals surface area contributed by atoms with Crippen molar-refractivity contribution in [2.45, 2.75) is 25.8 Å². The van der Waals surface area contributed by atoms with Gasteiger partial charge in [0.05, 0.1) is 13.5 Å². The fourth-order valence-electron chi connectivity index (χ4n) is 3.77. The maximum absolute atomic E-state index is 12.8. The molecule has 4 rings (SSSR count). The van der Waals surface area contributed by atoms with E-state index < -0.39 is 0 Å². The molecule has 2 aromatic carbocycles. The van der Waals surface area contributed by atoms with Gasteiger partial charge in [0.25, 0.3) is 5.91 Å². The summed E-state index contributed by atoms with van der Waals surface area (Å²) < 4.78 is 5.17. The summed E-state index contributed by atoms with van der Waals surface area (Å²) in [5, 5.41) is 10.1. The Bertz CT molecular complexity index is 1040. The fourth-order valence-corrected chi connectivity index (χ4v) is 3.77. The maximum atomic E-state index is 12.8. The van der Waals surface area contributed by atoms with Crippen LogP contribution in [-0.4, -0.2) is 47.1 Å². The number of nitrogens with zero attached hydrogens (tertiary/aromatic N) is 2. The average molecular weight is 418 g/mol. The lowest BCUT2D eigenvalue weighted by atomic mass is 10.0. The Kier molecular flexibility index (Phi) is 6.31. The zero-order valence-corrected chi connectivity index (χ0v) is 17.6. The quantitative estimate of drug-likeness (QED) is 0.617. The van der Waals surface area contributed by atoms with E-state index in [9.17, 15) is 9.59 Å². The van der Waals surface area contributed by atoms with E-state index in [-0.39, 0.29) is 11.8 Å². The molecule has 0 aliphatic carbocycles. The third-order valence-corrected chi connectivity index (χ3v) is 5.56. The standard InChI is InChI=1S/C24H26N4O3/c1-31-19-9-7-18(8-10-19)15-22(29)28-14-12-21-20(16-28)23(27-26-21)24(30)25-13-11-17-5-3-2-4-6-17/h2-10H,11-16H2,1H3,(H,25,30)(H,26,27). The zero-order chi connectivity index (χ0) is 21.6. The molecule has 2 heterocycles. The van der Waals surface area contributed by atoms with Crippen LogP contribution < -0.4 is 10.1 Å². The van der Waals surface area contributed by atoms with Crippen LogP contribution >= 0.6 is 0 Å². The minimum Gasteiger partial charge on any atom is -0.497 e. The molecule has 0 saturated heterocycles. The molecule has 3 aromatic rings. The van der Waals surface area contributed by atoms with Crippen LogP contribution in [0.15, 0.2) is 54.6 Å². The number of methoxy groups -OCH3 is 1. The van der Waals surface area contributed by atoms with E-state index in [2.05, 4.69) is 15.5 Å². The lowest BCUT2D eigenvalue weighted by Crippen LogP contribution is -2.37. The fraction of sp³-hybridized carbons (Fsp3) is 0.292. The summed E-state index contributed by atoms with van der Waals surface area (Å²) in [5.41, 5.74) is 4.23. The number of carbonyl (C=O) groups excluding carboxylic acids is 2. The molecule has 0 fully saturated rings. The number of benzene rings is 2. The molecule has 0 bridgehead atoms. The highest BCUT2D eigenvalue weighted by molar-refractivity contribution is 5.94. The van der Waals surface area contributed by atoms with Gasteiger partial charge in [0.2, 0.25) is 5.91 Å². The van der Waals surface area contributed by atoms with Gasteiger partial charge in [-0.15, -0.1) is 0 Å². The van der Waals surface area contributed by atoms with Crippen LogP contribution in [0.1, 0.15) is 32.9 Å². The molecule has 1 aliphatic heterocycles. The van der Waals surface area contributed by atoms with Crippen LogP contribution in [0.25, 0.3) is 0 Å². The first-order valence-electron chi connectivity index (χ1n) is 10.4. The molecule has 7 heteroatoms. The normalized spacial score (nSPS) is 12.9. The molecule has 7 nitrogen and oxygen atoms in total. The van der Waals surface area contributed by atoms with Crippen LogP contribution in [0.2, 0.25) is 0 Å². The topological polar surface area (TPSA) is 87.3 Å². The summed E-state index contributed by atoms with van der Waals surface area (Å²) in [6.07, 6.45) is 1.73. The van der Waals surface area contributed by atoms with E-state index >= 15 is 0 Å². The number of H-pyrrole nitrogens is 1. The summed E-state index contributed by atoms with van der Waals surface area (Å²) in [6, 6.07) is 17.5. The molecule has 1 aromatic heterocycles. The minimum atomic E-state index is -0.210. The Morgan fingerprint density at radius 2 is 1.87 bits per heavy atom. The minimum absolute atomic E-state index is 0.0347. The van der Waals surface area contributed by atoms with Crippen LogP contribution in [0.4, 0.5) is 0 Å². The Labute approximate surface area is 181 Å². The van der Waals surface area contributed by atoms with Crippen LogP contribution in [-0.2, 0) is 30.6 Å². The van der Waals surface area contributed by atoms with Gasteiger partial charge < -0.3 is 15.0 Å². The molecule has 0 radical (unpaired) electrons. The summed E-state index contributed by atoms with van der Waals surface area (Å²) in [6.45, 7) is 1.53. The summed E-state index contributed by atoms with van der Waals surface area (Å²) in [4.78, 5) is 27.3. The monoisotopic (exact) mass is 418 g/mol.